The number of aromatic nitrogens is 2. The van der Waals surface area contributed by atoms with E-state index in [9.17, 15) is 14.4 Å². The molecule has 0 bridgehead atoms. The number of hydrogen-bond donors (Lipinski definition) is 2. The van der Waals surface area contributed by atoms with E-state index in [0.717, 1.165) is 17.7 Å². The van der Waals surface area contributed by atoms with Crippen molar-refractivity contribution in [1.82, 2.24) is 19.8 Å². The SMILES string of the molecule is O=C(Nc1ccccc1)N1CCCC(C(=O)N(Cc2ccccc2)Cc2nc3ccccc3c(=O)[nH]2)C1. The van der Waals surface area contributed by atoms with Gasteiger partial charge in [-0.05, 0) is 42.7 Å². The number of carbonyl (C=O) groups is 2. The summed E-state index contributed by atoms with van der Waals surface area (Å²) >= 11 is 0. The van der Waals surface area contributed by atoms with Crippen molar-refractivity contribution in [3.05, 3.63) is 107 Å². The van der Waals surface area contributed by atoms with E-state index in [1.165, 1.54) is 0 Å². The zero-order chi connectivity index (χ0) is 25.6. The van der Waals surface area contributed by atoms with Gasteiger partial charge in [0.1, 0.15) is 5.82 Å². The van der Waals surface area contributed by atoms with E-state index in [4.69, 9.17) is 0 Å². The number of aromatic amines is 1. The Hall–Kier alpha value is -4.46. The molecular formula is C29H29N5O3. The lowest BCUT2D eigenvalue weighted by atomic mass is 9.96. The van der Waals surface area contributed by atoms with Gasteiger partial charge in [-0.1, -0.05) is 60.7 Å². The van der Waals surface area contributed by atoms with Gasteiger partial charge in [0.2, 0.25) is 5.91 Å². The minimum atomic E-state index is -0.342. The second-order valence-corrected chi connectivity index (χ2v) is 9.29. The van der Waals surface area contributed by atoms with Gasteiger partial charge in [-0.2, -0.15) is 0 Å². The molecule has 8 nitrogen and oxygen atoms in total. The number of carbonyl (C=O) groups excluding carboxylic acids is 2. The molecule has 1 aliphatic heterocycles. The van der Waals surface area contributed by atoms with E-state index in [1.54, 1.807) is 28.0 Å². The molecule has 0 radical (unpaired) electrons. The molecule has 2 heterocycles. The highest BCUT2D eigenvalue weighted by atomic mass is 16.2. The molecule has 1 aliphatic rings. The van der Waals surface area contributed by atoms with Crippen LogP contribution in [0.5, 0.6) is 0 Å². The van der Waals surface area contributed by atoms with Gasteiger partial charge in [-0.25, -0.2) is 9.78 Å². The molecule has 1 unspecified atom stereocenters. The molecule has 188 valence electrons. The first-order valence-electron chi connectivity index (χ1n) is 12.5. The number of H-pyrrole nitrogens is 1. The van der Waals surface area contributed by atoms with E-state index in [-0.39, 0.29) is 30.0 Å². The molecule has 0 aliphatic carbocycles. The molecule has 8 heteroatoms. The monoisotopic (exact) mass is 495 g/mol. The third-order valence-corrected chi connectivity index (χ3v) is 6.61. The number of hydrogen-bond acceptors (Lipinski definition) is 4. The average molecular weight is 496 g/mol. The Morgan fingerprint density at radius 1 is 0.946 bits per heavy atom. The zero-order valence-electron chi connectivity index (χ0n) is 20.5. The standard InChI is InChI=1S/C29H29N5O3/c35-27-24-15-7-8-16-25(24)31-26(32-27)20-34(18-21-10-3-1-4-11-21)28(36)22-12-9-17-33(19-22)29(37)30-23-13-5-2-6-14-23/h1-8,10-11,13-16,22H,9,12,17-20H2,(H,30,37)(H,31,32,35). The molecule has 4 aromatic rings. The van der Waals surface area contributed by atoms with Gasteiger partial charge in [0.25, 0.3) is 5.56 Å². The van der Waals surface area contributed by atoms with Crippen LogP contribution in [-0.2, 0) is 17.9 Å². The van der Waals surface area contributed by atoms with Gasteiger partial charge < -0.3 is 20.1 Å². The van der Waals surface area contributed by atoms with Crippen LogP contribution < -0.4 is 10.9 Å². The van der Waals surface area contributed by atoms with Crippen molar-refractivity contribution >= 4 is 28.5 Å². The van der Waals surface area contributed by atoms with Gasteiger partial charge in [-0.3, -0.25) is 9.59 Å². The number of fused-ring (bicyclic) bond motifs is 1. The number of nitrogens with zero attached hydrogens (tertiary/aromatic N) is 3. The van der Waals surface area contributed by atoms with Crippen LogP contribution in [0.25, 0.3) is 10.9 Å². The molecule has 2 N–H and O–H groups in total. The number of likely N-dealkylation sites (tertiary alicyclic amines) is 1. The van der Waals surface area contributed by atoms with E-state index in [2.05, 4.69) is 15.3 Å². The number of para-hydroxylation sites is 2. The quantitative estimate of drug-likeness (QED) is 0.414. The Balaban J connectivity index is 1.36. The number of nitrogens with one attached hydrogen (secondary N) is 2. The van der Waals surface area contributed by atoms with Crippen molar-refractivity contribution < 1.29 is 9.59 Å². The number of amides is 3. The summed E-state index contributed by atoms with van der Waals surface area (Å²) in [5.74, 6) is 0.0329. The predicted octanol–water partition coefficient (Wildman–Crippen LogP) is 4.40. The first-order chi connectivity index (χ1) is 18.1. The minimum absolute atomic E-state index is 0.0585. The fourth-order valence-corrected chi connectivity index (χ4v) is 4.75. The zero-order valence-corrected chi connectivity index (χ0v) is 20.5. The highest BCUT2D eigenvalue weighted by Gasteiger charge is 2.32. The molecule has 3 aromatic carbocycles. The first-order valence-corrected chi connectivity index (χ1v) is 12.5. The summed E-state index contributed by atoms with van der Waals surface area (Å²) in [5, 5.41) is 3.43. The smallest absolute Gasteiger partial charge is 0.321 e. The summed E-state index contributed by atoms with van der Waals surface area (Å²) in [4.78, 5) is 50.2. The van der Waals surface area contributed by atoms with Crippen LogP contribution in [0.15, 0.2) is 89.7 Å². The summed E-state index contributed by atoms with van der Waals surface area (Å²) in [6, 6.07) is 26.0. The fraction of sp³-hybridized carbons (Fsp3) is 0.241. The third-order valence-electron chi connectivity index (χ3n) is 6.61. The van der Waals surface area contributed by atoms with Gasteiger partial charge in [0.15, 0.2) is 0 Å². The lowest BCUT2D eigenvalue weighted by Crippen LogP contribution is -2.47. The second-order valence-electron chi connectivity index (χ2n) is 9.29. The van der Waals surface area contributed by atoms with Gasteiger partial charge in [0.05, 0.1) is 23.4 Å². The molecule has 0 saturated carbocycles. The van der Waals surface area contributed by atoms with Crippen LogP contribution in [-0.4, -0.2) is 44.8 Å². The van der Waals surface area contributed by atoms with Crippen molar-refractivity contribution in [3.8, 4) is 0 Å². The summed E-state index contributed by atoms with van der Waals surface area (Å²) in [6.07, 6.45) is 1.43. The minimum Gasteiger partial charge on any atom is -0.331 e. The Kier molecular flexibility index (Phi) is 7.26. The molecule has 3 amide bonds. The molecule has 0 spiro atoms. The Bertz CT molecular complexity index is 1440. The summed E-state index contributed by atoms with van der Waals surface area (Å²) in [5.41, 5.74) is 2.07. The Labute approximate surface area is 214 Å². The van der Waals surface area contributed by atoms with Crippen LogP contribution in [0.2, 0.25) is 0 Å². The number of piperidine rings is 1. The maximum absolute atomic E-state index is 13.8. The van der Waals surface area contributed by atoms with Gasteiger partial charge in [-0.15, -0.1) is 0 Å². The molecule has 1 fully saturated rings. The Morgan fingerprint density at radius 3 is 2.43 bits per heavy atom. The molecular weight excluding hydrogens is 466 g/mol. The fourth-order valence-electron chi connectivity index (χ4n) is 4.75. The van der Waals surface area contributed by atoms with Crippen molar-refractivity contribution in [2.24, 2.45) is 5.92 Å². The summed E-state index contributed by atoms with van der Waals surface area (Å²) in [6.45, 7) is 1.48. The van der Waals surface area contributed by atoms with Crippen LogP contribution in [0, 0.1) is 5.92 Å². The normalized spacial score (nSPS) is 15.4. The number of rotatable bonds is 6. The molecule has 5 rings (SSSR count). The molecule has 1 atom stereocenters. The maximum Gasteiger partial charge on any atom is 0.321 e. The lowest BCUT2D eigenvalue weighted by Gasteiger charge is -2.35. The molecule has 1 saturated heterocycles. The molecule has 1 aromatic heterocycles. The van der Waals surface area contributed by atoms with Crippen molar-refractivity contribution in [1.29, 1.82) is 0 Å². The van der Waals surface area contributed by atoms with Crippen LogP contribution in [0.4, 0.5) is 10.5 Å². The van der Waals surface area contributed by atoms with Crippen LogP contribution in [0.1, 0.15) is 24.2 Å². The predicted molar refractivity (Wildman–Crippen MR) is 143 cm³/mol. The van der Waals surface area contributed by atoms with E-state index < -0.39 is 0 Å². The highest BCUT2D eigenvalue weighted by Crippen LogP contribution is 2.22. The maximum atomic E-state index is 13.8. The largest absolute Gasteiger partial charge is 0.331 e. The summed E-state index contributed by atoms with van der Waals surface area (Å²) < 4.78 is 0. The average Bonchev–Trinajstić information content (AvgIpc) is 2.93. The van der Waals surface area contributed by atoms with Crippen LogP contribution in [0.3, 0.4) is 0 Å². The molecule has 37 heavy (non-hydrogen) atoms. The second kappa shape index (κ2) is 11.1. The van der Waals surface area contributed by atoms with E-state index in [1.807, 2.05) is 66.7 Å². The van der Waals surface area contributed by atoms with Crippen molar-refractivity contribution in [2.75, 3.05) is 18.4 Å². The van der Waals surface area contributed by atoms with Gasteiger partial charge >= 0.3 is 6.03 Å². The van der Waals surface area contributed by atoms with Crippen LogP contribution >= 0.6 is 0 Å². The Morgan fingerprint density at radius 2 is 1.65 bits per heavy atom. The topological polar surface area (TPSA) is 98.4 Å². The third kappa shape index (κ3) is 5.86. The lowest BCUT2D eigenvalue weighted by molar-refractivity contribution is -0.138. The highest BCUT2D eigenvalue weighted by molar-refractivity contribution is 5.90. The van der Waals surface area contributed by atoms with E-state index >= 15 is 0 Å². The van der Waals surface area contributed by atoms with E-state index in [0.29, 0.717) is 42.8 Å². The number of anilines is 1. The van der Waals surface area contributed by atoms with Crippen molar-refractivity contribution in [3.63, 3.8) is 0 Å². The van der Waals surface area contributed by atoms with Crippen molar-refractivity contribution in [2.45, 2.75) is 25.9 Å². The summed E-state index contributed by atoms with van der Waals surface area (Å²) in [7, 11) is 0. The number of benzene rings is 3. The first kappa shape index (κ1) is 24.2. The number of urea groups is 1. The van der Waals surface area contributed by atoms with Gasteiger partial charge in [0, 0.05) is 25.3 Å².